The second kappa shape index (κ2) is 5.49. The zero-order valence-corrected chi connectivity index (χ0v) is 10.6. The number of aromatic amines is 1. The predicted octanol–water partition coefficient (Wildman–Crippen LogP) is 2.84. The van der Waals surface area contributed by atoms with Gasteiger partial charge in [-0.25, -0.2) is 4.98 Å². The highest BCUT2D eigenvalue weighted by atomic mass is 16.5. The van der Waals surface area contributed by atoms with Crippen molar-refractivity contribution in [1.82, 2.24) is 9.97 Å². The van der Waals surface area contributed by atoms with E-state index in [0.29, 0.717) is 13.0 Å². The van der Waals surface area contributed by atoms with Crippen LogP contribution >= 0.6 is 0 Å². The Labute approximate surface area is 106 Å². The van der Waals surface area contributed by atoms with Crippen molar-refractivity contribution >= 4 is 23.1 Å². The molecule has 0 atom stereocenters. The minimum Gasteiger partial charge on any atom is -0.466 e. The number of ether oxygens (including phenoxy) is 1. The molecule has 18 heavy (non-hydrogen) atoms. The van der Waals surface area contributed by atoms with Gasteiger partial charge in [-0.15, -0.1) is 0 Å². The number of esters is 1. The van der Waals surface area contributed by atoms with Crippen molar-refractivity contribution in [2.75, 3.05) is 6.61 Å². The number of aryl methyl sites for hydroxylation is 1. The van der Waals surface area contributed by atoms with E-state index >= 15 is 0 Å². The Hall–Kier alpha value is -2.10. The third kappa shape index (κ3) is 2.97. The molecule has 0 spiro atoms. The monoisotopic (exact) mass is 244 g/mol. The summed E-state index contributed by atoms with van der Waals surface area (Å²) in [5, 5.41) is 0. The number of hydrogen-bond acceptors (Lipinski definition) is 3. The van der Waals surface area contributed by atoms with E-state index in [0.717, 1.165) is 22.4 Å². The van der Waals surface area contributed by atoms with Gasteiger partial charge in [0.05, 0.1) is 24.1 Å². The molecule has 0 saturated carbocycles. The summed E-state index contributed by atoms with van der Waals surface area (Å²) in [6, 6.07) is 5.95. The third-order valence-electron chi connectivity index (χ3n) is 2.52. The van der Waals surface area contributed by atoms with E-state index in [-0.39, 0.29) is 5.97 Å². The zero-order chi connectivity index (χ0) is 13.0. The zero-order valence-electron chi connectivity index (χ0n) is 10.6. The Morgan fingerprint density at radius 2 is 2.33 bits per heavy atom. The minimum absolute atomic E-state index is 0.202. The molecule has 1 N–H and O–H groups in total. The molecule has 1 aromatic heterocycles. The van der Waals surface area contributed by atoms with Crippen LogP contribution in [0.15, 0.2) is 24.3 Å². The molecule has 0 amide bonds. The molecule has 1 heterocycles. The molecule has 2 rings (SSSR count). The quantitative estimate of drug-likeness (QED) is 0.841. The van der Waals surface area contributed by atoms with Crippen molar-refractivity contribution in [2.45, 2.75) is 20.3 Å². The number of nitrogens with zero attached hydrogens (tertiary/aromatic N) is 1. The van der Waals surface area contributed by atoms with Gasteiger partial charge in [0.25, 0.3) is 0 Å². The van der Waals surface area contributed by atoms with Gasteiger partial charge < -0.3 is 9.72 Å². The van der Waals surface area contributed by atoms with Crippen LogP contribution in [0.4, 0.5) is 0 Å². The predicted molar refractivity (Wildman–Crippen MR) is 71.1 cm³/mol. The number of fused-ring (bicyclic) bond motifs is 1. The van der Waals surface area contributed by atoms with Crippen molar-refractivity contribution in [3.05, 3.63) is 35.7 Å². The summed E-state index contributed by atoms with van der Waals surface area (Å²) < 4.78 is 4.85. The molecule has 0 bridgehead atoms. The standard InChI is InChI=1S/C14H16N2O2/c1-3-18-14(17)6-4-5-11-7-8-12-13(9-11)16-10(2)15-12/h4-5,7-9H,3,6H2,1-2H3,(H,15,16). The molecule has 0 fully saturated rings. The van der Waals surface area contributed by atoms with E-state index in [1.54, 1.807) is 6.92 Å². The molecule has 0 aliphatic carbocycles. The van der Waals surface area contributed by atoms with E-state index in [2.05, 4.69) is 9.97 Å². The van der Waals surface area contributed by atoms with Crippen LogP contribution in [-0.2, 0) is 9.53 Å². The summed E-state index contributed by atoms with van der Waals surface area (Å²) in [7, 11) is 0. The highest BCUT2D eigenvalue weighted by molar-refractivity contribution is 5.79. The lowest BCUT2D eigenvalue weighted by molar-refractivity contribution is -0.142. The summed E-state index contributed by atoms with van der Waals surface area (Å²) in [6.07, 6.45) is 4.02. The smallest absolute Gasteiger partial charge is 0.309 e. The fraction of sp³-hybridized carbons (Fsp3) is 0.286. The normalized spacial score (nSPS) is 11.2. The third-order valence-corrected chi connectivity index (χ3v) is 2.52. The first kappa shape index (κ1) is 12.4. The Morgan fingerprint density at radius 3 is 3.11 bits per heavy atom. The lowest BCUT2D eigenvalue weighted by Crippen LogP contribution is -2.01. The first-order valence-corrected chi connectivity index (χ1v) is 5.97. The maximum absolute atomic E-state index is 11.2. The van der Waals surface area contributed by atoms with Gasteiger partial charge >= 0.3 is 5.97 Å². The number of rotatable bonds is 4. The molecule has 0 radical (unpaired) electrons. The number of benzene rings is 1. The van der Waals surface area contributed by atoms with Gasteiger partial charge in [0.15, 0.2) is 0 Å². The van der Waals surface area contributed by atoms with Crippen LogP contribution in [0.1, 0.15) is 24.7 Å². The molecule has 1 aromatic carbocycles. The van der Waals surface area contributed by atoms with Crippen LogP contribution in [0.25, 0.3) is 17.1 Å². The number of imidazole rings is 1. The van der Waals surface area contributed by atoms with E-state index in [9.17, 15) is 4.79 Å². The molecule has 94 valence electrons. The Morgan fingerprint density at radius 1 is 1.50 bits per heavy atom. The summed E-state index contributed by atoms with van der Waals surface area (Å²) in [5.74, 6) is 0.699. The number of aromatic nitrogens is 2. The van der Waals surface area contributed by atoms with Crippen molar-refractivity contribution < 1.29 is 9.53 Å². The Balaban J connectivity index is 2.07. The van der Waals surface area contributed by atoms with Gasteiger partial charge in [-0.3, -0.25) is 4.79 Å². The number of carbonyl (C=O) groups excluding carboxylic acids is 1. The van der Waals surface area contributed by atoms with Gasteiger partial charge in [0.1, 0.15) is 5.82 Å². The van der Waals surface area contributed by atoms with Crippen molar-refractivity contribution in [3.8, 4) is 0 Å². The van der Waals surface area contributed by atoms with Crippen LogP contribution in [0.3, 0.4) is 0 Å². The van der Waals surface area contributed by atoms with E-state index < -0.39 is 0 Å². The Kier molecular flexibility index (Phi) is 3.77. The van der Waals surface area contributed by atoms with Gasteiger partial charge in [-0.2, -0.15) is 0 Å². The maximum atomic E-state index is 11.2. The highest BCUT2D eigenvalue weighted by Crippen LogP contribution is 2.14. The topological polar surface area (TPSA) is 55.0 Å². The van der Waals surface area contributed by atoms with Crippen molar-refractivity contribution in [1.29, 1.82) is 0 Å². The van der Waals surface area contributed by atoms with Gasteiger partial charge in [0.2, 0.25) is 0 Å². The first-order chi connectivity index (χ1) is 8.69. The molecule has 2 aromatic rings. The van der Waals surface area contributed by atoms with Gasteiger partial charge in [-0.05, 0) is 31.5 Å². The molecule has 0 aliphatic rings. The number of nitrogens with one attached hydrogen (secondary N) is 1. The summed E-state index contributed by atoms with van der Waals surface area (Å²) in [6.45, 7) is 4.15. The lowest BCUT2D eigenvalue weighted by Gasteiger charge is -1.97. The Bertz CT molecular complexity index is 584. The summed E-state index contributed by atoms with van der Waals surface area (Å²) in [4.78, 5) is 18.7. The van der Waals surface area contributed by atoms with Gasteiger partial charge in [-0.1, -0.05) is 18.2 Å². The molecular weight excluding hydrogens is 228 g/mol. The molecule has 4 heteroatoms. The van der Waals surface area contributed by atoms with Crippen LogP contribution in [0, 0.1) is 6.92 Å². The second-order valence-electron chi connectivity index (χ2n) is 4.01. The molecular formula is C14H16N2O2. The number of H-pyrrole nitrogens is 1. The van der Waals surface area contributed by atoms with Crippen LogP contribution in [-0.4, -0.2) is 22.5 Å². The fourth-order valence-corrected chi connectivity index (χ4v) is 1.77. The SMILES string of the molecule is CCOC(=O)CC=Cc1ccc2nc(C)[nH]c2c1. The van der Waals surface area contributed by atoms with E-state index in [4.69, 9.17) is 4.74 Å². The largest absolute Gasteiger partial charge is 0.466 e. The molecule has 4 nitrogen and oxygen atoms in total. The average Bonchev–Trinajstić information content (AvgIpc) is 2.69. The fourth-order valence-electron chi connectivity index (χ4n) is 1.77. The number of hydrogen-bond donors (Lipinski definition) is 1. The van der Waals surface area contributed by atoms with Crippen LogP contribution in [0.5, 0.6) is 0 Å². The lowest BCUT2D eigenvalue weighted by atomic mass is 10.2. The second-order valence-corrected chi connectivity index (χ2v) is 4.01. The van der Waals surface area contributed by atoms with Gasteiger partial charge in [0, 0.05) is 0 Å². The average molecular weight is 244 g/mol. The summed E-state index contributed by atoms with van der Waals surface area (Å²) in [5.41, 5.74) is 3.00. The number of carbonyl (C=O) groups is 1. The van der Waals surface area contributed by atoms with Crippen LogP contribution in [0.2, 0.25) is 0 Å². The maximum Gasteiger partial charge on any atom is 0.309 e. The van der Waals surface area contributed by atoms with Crippen molar-refractivity contribution in [3.63, 3.8) is 0 Å². The summed E-state index contributed by atoms with van der Waals surface area (Å²) >= 11 is 0. The van der Waals surface area contributed by atoms with Crippen molar-refractivity contribution in [2.24, 2.45) is 0 Å². The highest BCUT2D eigenvalue weighted by Gasteiger charge is 2.00. The van der Waals surface area contributed by atoms with E-state index in [1.165, 1.54) is 0 Å². The van der Waals surface area contributed by atoms with E-state index in [1.807, 2.05) is 37.3 Å². The minimum atomic E-state index is -0.202. The molecule has 0 aliphatic heterocycles. The van der Waals surface area contributed by atoms with Crippen LogP contribution < -0.4 is 0 Å². The first-order valence-electron chi connectivity index (χ1n) is 5.97. The molecule has 0 unspecified atom stereocenters. The molecule has 0 saturated heterocycles.